The fourth-order valence-electron chi connectivity index (χ4n) is 1.73. The predicted molar refractivity (Wildman–Crippen MR) is 80.3 cm³/mol. The molecule has 0 saturated carbocycles. The van der Waals surface area contributed by atoms with Gasteiger partial charge in [-0.2, -0.15) is 10.4 Å². The largest absolute Gasteiger partial charge is 0.307 e. The van der Waals surface area contributed by atoms with Crippen molar-refractivity contribution in [3.8, 4) is 6.07 Å². The molecule has 2 aromatic rings. The fourth-order valence-corrected chi connectivity index (χ4v) is 3.40. The first kappa shape index (κ1) is 14.8. The minimum atomic E-state index is 0.0507. The van der Waals surface area contributed by atoms with Crippen molar-refractivity contribution in [1.82, 2.24) is 14.8 Å². The Balaban J connectivity index is 2.11. The van der Waals surface area contributed by atoms with E-state index in [0.717, 1.165) is 17.0 Å². The molecule has 0 aliphatic rings. The van der Waals surface area contributed by atoms with E-state index >= 15 is 0 Å². The van der Waals surface area contributed by atoms with Crippen molar-refractivity contribution in [3.05, 3.63) is 37.6 Å². The standard InChI is InChI=1S/C13H14N4OS2/c1-8-7-20-13(18)17(8)4-5-19-12-11(6-14)9(2)10(3)15-16-12/h7H,4-5H2,1-3H3. The number of thiazole rings is 1. The van der Waals surface area contributed by atoms with Gasteiger partial charge < -0.3 is 4.57 Å². The molecule has 0 radical (unpaired) electrons. The van der Waals surface area contributed by atoms with Gasteiger partial charge in [-0.3, -0.25) is 4.79 Å². The third-order valence-corrected chi connectivity index (χ3v) is 4.89. The van der Waals surface area contributed by atoms with Gasteiger partial charge in [0.2, 0.25) is 0 Å². The number of nitrogens with zero attached hydrogens (tertiary/aromatic N) is 4. The Morgan fingerprint density at radius 2 is 2.15 bits per heavy atom. The number of rotatable bonds is 4. The third kappa shape index (κ3) is 2.92. The molecule has 20 heavy (non-hydrogen) atoms. The zero-order valence-corrected chi connectivity index (χ0v) is 13.1. The van der Waals surface area contributed by atoms with Gasteiger partial charge in [-0.05, 0) is 26.3 Å². The summed E-state index contributed by atoms with van der Waals surface area (Å²) in [7, 11) is 0. The summed E-state index contributed by atoms with van der Waals surface area (Å²) in [6.07, 6.45) is 0. The van der Waals surface area contributed by atoms with Crippen molar-refractivity contribution in [1.29, 1.82) is 5.26 Å². The highest BCUT2D eigenvalue weighted by Gasteiger charge is 2.11. The smallest absolute Gasteiger partial charge is 0.303 e. The lowest BCUT2D eigenvalue weighted by atomic mass is 10.1. The number of hydrogen-bond donors (Lipinski definition) is 0. The molecule has 0 atom stereocenters. The first-order valence-electron chi connectivity index (χ1n) is 6.06. The number of nitriles is 1. The molecule has 2 rings (SSSR count). The molecule has 0 fully saturated rings. The summed E-state index contributed by atoms with van der Waals surface area (Å²) in [5.41, 5.74) is 3.19. The van der Waals surface area contributed by atoms with Crippen molar-refractivity contribution in [2.24, 2.45) is 0 Å². The topological polar surface area (TPSA) is 71.6 Å². The van der Waals surface area contributed by atoms with Crippen LogP contribution in [0.15, 0.2) is 15.2 Å². The molecule has 0 saturated heterocycles. The average Bonchev–Trinajstić information content (AvgIpc) is 2.74. The molecule has 104 valence electrons. The van der Waals surface area contributed by atoms with E-state index < -0.39 is 0 Å². The van der Waals surface area contributed by atoms with Gasteiger partial charge >= 0.3 is 4.87 Å². The second kappa shape index (κ2) is 6.20. The van der Waals surface area contributed by atoms with E-state index in [4.69, 9.17) is 0 Å². The first-order chi connectivity index (χ1) is 9.54. The lowest BCUT2D eigenvalue weighted by Gasteiger charge is -2.07. The SMILES string of the molecule is Cc1nnc(SCCn2c(C)csc2=O)c(C#N)c1C. The molecular weight excluding hydrogens is 292 g/mol. The lowest BCUT2D eigenvalue weighted by molar-refractivity contribution is 0.729. The Bertz CT molecular complexity index is 727. The molecule has 0 spiro atoms. The maximum absolute atomic E-state index is 11.6. The maximum atomic E-state index is 11.6. The van der Waals surface area contributed by atoms with E-state index in [1.54, 1.807) is 4.57 Å². The maximum Gasteiger partial charge on any atom is 0.307 e. The van der Waals surface area contributed by atoms with Gasteiger partial charge in [0, 0.05) is 23.4 Å². The van der Waals surface area contributed by atoms with Crippen molar-refractivity contribution in [2.45, 2.75) is 32.3 Å². The summed E-state index contributed by atoms with van der Waals surface area (Å²) in [5, 5.41) is 19.8. The molecule has 0 bridgehead atoms. The van der Waals surface area contributed by atoms with Gasteiger partial charge in [-0.15, -0.1) is 16.9 Å². The van der Waals surface area contributed by atoms with Crippen LogP contribution in [0.1, 0.15) is 22.5 Å². The Hall–Kier alpha value is -1.65. The van der Waals surface area contributed by atoms with E-state index in [1.807, 2.05) is 26.2 Å². The van der Waals surface area contributed by atoms with Crippen LogP contribution in [0.5, 0.6) is 0 Å². The Morgan fingerprint density at radius 3 is 2.75 bits per heavy atom. The molecule has 0 unspecified atom stereocenters. The summed E-state index contributed by atoms with van der Waals surface area (Å²) in [6.45, 7) is 6.24. The zero-order valence-electron chi connectivity index (χ0n) is 11.5. The van der Waals surface area contributed by atoms with Crippen LogP contribution in [0.2, 0.25) is 0 Å². The minimum absolute atomic E-state index is 0.0507. The highest BCUT2D eigenvalue weighted by atomic mass is 32.2. The van der Waals surface area contributed by atoms with E-state index in [1.165, 1.54) is 23.1 Å². The van der Waals surface area contributed by atoms with Gasteiger partial charge in [-0.1, -0.05) is 11.3 Å². The Morgan fingerprint density at radius 1 is 1.40 bits per heavy atom. The van der Waals surface area contributed by atoms with Crippen LogP contribution in [-0.4, -0.2) is 20.5 Å². The molecule has 7 heteroatoms. The minimum Gasteiger partial charge on any atom is -0.303 e. The predicted octanol–water partition coefficient (Wildman–Crippen LogP) is 2.29. The molecule has 5 nitrogen and oxygen atoms in total. The molecule has 0 N–H and O–H groups in total. The molecule has 0 aliphatic heterocycles. The van der Waals surface area contributed by atoms with Crippen LogP contribution in [0.4, 0.5) is 0 Å². The second-order valence-electron chi connectivity index (χ2n) is 4.35. The Labute approximate surface area is 125 Å². The average molecular weight is 306 g/mol. The summed E-state index contributed by atoms with van der Waals surface area (Å²) >= 11 is 2.67. The van der Waals surface area contributed by atoms with Crippen LogP contribution in [0, 0.1) is 32.1 Å². The van der Waals surface area contributed by atoms with E-state index in [-0.39, 0.29) is 4.87 Å². The van der Waals surface area contributed by atoms with Crippen LogP contribution in [-0.2, 0) is 6.54 Å². The molecule has 2 heterocycles. The van der Waals surface area contributed by atoms with Gasteiger partial charge in [0.15, 0.2) is 0 Å². The van der Waals surface area contributed by atoms with Crippen molar-refractivity contribution in [3.63, 3.8) is 0 Å². The van der Waals surface area contributed by atoms with Crippen molar-refractivity contribution >= 4 is 23.1 Å². The van der Waals surface area contributed by atoms with E-state index in [9.17, 15) is 10.1 Å². The van der Waals surface area contributed by atoms with Gasteiger partial charge in [-0.25, -0.2) is 0 Å². The van der Waals surface area contributed by atoms with Crippen LogP contribution >= 0.6 is 23.1 Å². The quantitative estimate of drug-likeness (QED) is 0.810. The number of hydrogen-bond acceptors (Lipinski definition) is 6. The zero-order chi connectivity index (χ0) is 14.7. The van der Waals surface area contributed by atoms with Gasteiger partial charge in [0.25, 0.3) is 0 Å². The third-order valence-electron chi connectivity index (χ3n) is 3.06. The molecule has 0 aromatic carbocycles. The summed E-state index contributed by atoms with van der Waals surface area (Å²) in [6, 6.07) is 2.18. The lowest BCUT2D eigenvalue weighted by Crippen LogP contribution is -2.16. The normalized spacial score (nSPS) is 10.5. The summed E-state index contributed by atoms with van der Waals surface area (Å²) < 4.78 is 1.73. The molecule has 2 aromatic heterocycles. The van der Waals surface area contributed by atoms with Gasteiger partial charge in [0.05, 0.1) is 11.3 Å². The van der Waals surface area contributed by atoms with E-state index in [0.29, 0.717) is 22.9 Å². The highest BCUT2D eigenvalue weighted by molar-refractivity contribution is 7.99. The monoisotopic (exact) mass is 306 g/mol. The number of aromatic nitrogens is 3. The summed E-state index contributed by atoms with van der Waals surface area (Å²) in [5.74, 6) is 0.684. The fraction of sp³-hybridized carbons (Fsp3) is 0.385. The van der Waals surface area contributed by atoms with E-state index in [2.05, 4.69) is 16.3 Å². The van der Waals surface area contributed by atoms with Crippen LogP contribution in [0.25, 0.3) is 0 Å². The van der Waals surface area contributed by atoms with Crippen molar-refractivity contribution < 1.29 is 0 Å². The number of thioether (sulfide) groups is 1. The summed E-state index contributed by atoms with van der Waals surface area (Å²) in [4.78, 5) is 11.6. The first-order valence-corrected chi connectivity index (χ1v) is 7.92. The molecule has 0 amide bonds. The van der Waals surface area contributed by atoms with Gasteiger partial charge in [0.1, 0.15) is 11.1 Å². The van der Waals surface area contributed by atoms with Crippen LogP contribution < -0.4 is 4.87 Å². The molecular formula is C13H14N4OS2. The van der Waals surface area contributed by atoms with Crippen molar-refractivity contribution in [2.75, 3.05) is 5.75 Å². The van der Waals surface area contributed by atoms with Crippen LogP contribution in [0.3, 0.4) is 0 Å². The Kier molecular flexibility index (Phi) is 4.57. The highest BCUT2D eigenvalue weighted by Crippen LogP contribution is 2.23. The molecule has 0 aliphatic carbocycles. The number of aryl methyl sites for hydroxylation is 2. The second-order valence-corrected chi connectivity index (χ2v) is 6.25.